The monoisotopic (exact) mass is 380 g/mol. The molecule has 1 atom stereocenters. The lowest BCUT2D eigenvalue weighted by Gasteiger charge is -2.36. The summed E-state index contributed by atoms with van der Waals surface area (Å²) < 4.78 is 5.92. The molecule has 7 nitrogen and oxygen atoms in total. The smallest absolute Gasteiger partial charge is 0.274 e. The van der Waals surface area contributed by atoms with Gasteiger partial charge in [0.25, 0.3) is 5.91 Å². The summed E-state index contributed by atoms with van der Waals surface area (Å²) in [7, 11) is 0. The summed E-state index contributed by atoms with van der Waals surface area (Å²) in [4.78, 5) is 33.6. The Bertz CT molecular complexity index is 878. The molecule has 2 aliphatic heterocycles. The summed E-state index contributed by atoms with van der Waals surface area (Å²) in [6.45, 7) is 3.57. The first-order valence-electron chi connectivity index (χ1n) is 9.60. The summed E-state index contributed by atoms with van der Waals surface area (Å²) in [5.74, 6) is 1.26. The molecule has 0 aliphatic carbocycles. The Morgan fingerprint density at radius 3 is 2.61 bits per heavy atom. The molecular weight excluding hydrogens is 356 g/mol. The van der Waals surface area contributed by atoms with E-state index in [9.17, 15) is 9.59 Å². The number of anilines is 2. The second-order valence-electron chi connectivity index (χ2n) is 7.45. The maximum atomic E-state index is 13.2. The summed E-state index contributed by atoms with van der Waals surface area (Å²) in [5, 5.41) is 0. The predicted octanol–water partition coefficient (Wildman–Crippen LogP) is 2.39. The fourth-order valence-electron chi connectivity index (χ4n) is 3.64. The number of hydrogen-bond donors (Lipinski definition) is 1. The zero-order valence-electron chi connectivity index (χ0n) is 15.9. The van der Waals surface area contributed by atoms with Crippen molar-refractivity contribution in [2.45, 2.75) is 25.9 Å². The molecule has 1 saturated heterocycles. The summed E-state index contributed by atoms with van der Waals surface area (Å²) in [6, 6.07) is 12.6. The number of nitrogen functional groups attached to an aromatic ring is 1. The number of nitrogens with two attached hydrogens (primary N) is 1. The lowest BCUT2D eigenvalue weighted by molar-refractivity contribution is -0.134. The van der Waals surface area contributed by atoms with Gasteiger partial charge in [0.15, 0.2) is 11.6 Å². The van der Waals surface area contributed by atoms with E-state index in [-0.39, 0.29) is 24.2 Å². The van der Waals surface area contributed by atoms with Gasteiger partial charge >= 0.3 is 0 Å². The molecule has 1 fully saturated rings. The van der Waals surface area contributed by atoms with Crippen molar-refractivity contribution in [3.8, 4) is 5.75 Å². The van der Waals surface area contributed by atoms with Gasteiger partial charge in [-0.25, -0.2) is 4.98 Å². The van der Waals surface area contributed by atoms with Gasteiger partial charge in [0.1, 0.15) is 12.4 Å². The topological polar surface area (TPSA) is 88.8 Å². The molecule has 2 aliphatic rings. The number of amides is 2. The Labute approximate surface area is 164 Å². The molecule has 1 aromatic heterocycles. The molecule has 2 amide bonds. The SMILES string of the molecule is CC1CCN(C(=O)CN2C(=O)C(c3ccccc3)Oc3ccc(N)nc32)CC1. The number of aromatic nitrogens is 1. The molecule has 4 rings (SSSR count). The molecule has 146 valence electrons. The van der Waals surface area contributed by atoms with E-state index in [4.69, 9.17) is 10.5 Å². The van der Waals surface area contributed by atoms with Crippen LogP contribution in [0, 0.1) is 5.92 Å². The van der Waals surface area contributed by atoms with Gasteiger partial charge < -0.3 is 15.4 Å². The van der Waals surface area contributed by atoms with E-state index in [0.717, 1.165) is 31.5 Å². The van der Waals surface area contributed by atoms with Gasteiger partial charge in [0.05, 0.1) is 0 Å². The number of fused-ring (bicyclic) bond motifs is 1. The van der Waals surface area contributed by atoms with Crippen LogP contribution in [0.3, 0.4) is 0 Å². The summed E-state index contributed by atoms with van der Waals surface area (Å²) in [5.41, 5.74) is 6.56. The van der Waals surface area contributed by atoms with E-state index in [2.05, 4.69) is 11.9 Å². The number of hydrogen-bond acceptors (Lipinski definition) is 5. The molecule has 2 aromatic rings. The van der Waals surface area contributed by atoms with Crippen LogP contribution in [-0.2, 0) is 9.59 Å². The maximum absolute atomic E-state index is 13.2. The first-order valence-corrected chi connectivity index (χ1v) is 9.60. The summed E-state index contributed by atoms with van der Waals surface area (Å²) in [6.07, 6.45) is 1.15. The average molecular weight is 380 g/mol. The van der Waals surface area contributed by atoms with Crippen LogP contribution < -0.4 is 15.4 Å². The number of benzene rings is 1. The lowest BCUT2D eigenvalue weighted by atomic mass is 9.99. The molecule has 0 bridgehead atoms. The Morgan fingerprint density at radius 2 is 1.89 bits per heavy atom. The quantitative estimate of drug-likeness (QED) is 0.883. The van der Waals surface area contributed by atoms with E-state index >= 15 is 0 Å². The van der Waals surface area contributed by atoms with Crippen molar-refractivity contribution in [3.63, 3.8) is 0 Å². The second kappa shape index (κ2) is 7.50. The minimum absolute atomic E-state index is 0.0661. The molecule has 1 unspecified atom stereocenters. The van der Waals surface area contributed by atoms with Crippen LogP contribution in [0.2, 0.25) is 0 Å². The largest absolute Gasteiger partial charge is 0.472 e. The number of carbonyl (C=O) groups excluding carboxylic acids is 2. The van der Waals surface area contributed by atoms with Crippen LogP contribution in [0.5, 0.6) is 5.75 Å². The lowest BCUT2D eigenvalue weighted by Crippen LogP contribution is -2.49. The van der Waals surface area contributed by atoms with Gasteiger partial charge in [-0.2, -0.15) is 0 Å². The fraction of sp³-hybridized carbons (Fsp3) is 0.381. The minimum atomic E-state index is -0.812. The zero-order chi connectivity index (χ0) is 19.7. The van der Waals surface area contributed by atoms with Crippen LogP contribution in [0.4, 0.5) is 11.6 Å². The van der Waals surface area contributed by atoms with Gasteiger partial charge in [-0.15, -0.1) is 0 Å². The second-order valence-corrected chi connectivity index (χ2v) is 7.45. The highest BCUT2D eigenvalue weighted by Gasteiger charge is 2.38. The van der Waals surface area contributed by atoms with Crippen molar-refractivity contribution in [1.29, 1.82) is 0 Å². The van der Waals surface area contributed by atoms with E-state index in [1.165, 1.54) is 4.90 Å². The number of piperidine rings is 1. The first-order chi connectivity index (χ1) is 13.5. The standard InChI is InChI=1S/C21H24N4O3/c1-14-9-11-24(12-10-14)18(26)13-25-20-16(7-8-17(22)23-20)28-19(21(25)27)15-5-3-2-4-6-15/h2-8,14,19H,9-13H2,1H3,(H2,22,23). The molecule has 28 heavy (non-hydrogen) atoms. The normalized spacial score (nSPS) is 19.9. The Hall–Kier alpha value is -3.09. The molecule has 3 heterocycles. The van der Waals surface area contributed by atoms with Gasteiger partial charge in [-0.3, -0.25) is 14.5 Å². The minimum Gasteiger partial charge on any atom is -0.472 e. The molecule has 2 N–H and O–H groups in total. The van der Waals surface area contributed by atoms with E-state index in [1.807, 2.05) is 35.2 Å². The van der Waals surface area contributed by atoms with Crippen LogP contribution >= 0.6 is 0 Å². The average Bonchev–Trinajstić information content (AvgIpc) is 2.71. The molecule has 0 spiro atoms. The third-order valence-corrected chi connectivity index (χ3v) is 5.38. The van der Waals surface area contributed by atoms with Crippen molar-refractivity contribution in [1.82, 2.24) is 9.88 Å². The van der Waals surface area contributed by atoms with Crippen LogP contribution in [0.1, 0.15) is 31.4 Å². The first kappa shape index (κ1) is 18.3. The van der Waals surface area contributed by atoms with Crippen molar-refractivity contribution in [3.05, 3.63) is 48.0 Å². The van der Waals surface area contributed by atoms with E-state index in [0.29, 0.717) is 17.5 Å². The van der Waals surface area contributed by atoms with Crippen molar-refractivity contribution >= 4 is 23.5 Å². The van der Waals surface area contributed by atoms with Crippen molar-refractivity contribution in [2.75, 3.05) is 30.3 Å². The van der Waals surface area contributed by atoms with Gasteiger partial charge in [-0.1, -0.05) is 37.3 Å². The molecule has 0 radical (unpaired) electrons. The predicted molar refractivity (Wildman–Crippen MR) is 106 cm³/mol. The number of nitrogens with zero attached hydrogens (tertiary/aromatic N) is 3. The van der Waals surface area contributed by atoms with Crippen LogP contribution in [0.15, 0.2) is 42.5 Å². The fourth-order valence-corrected chi connectivity index (χ4v) is 3.64. The Morgan fingerprint density at radius 1 is 1.18 bits per heavy atom. The van der Waals surface area contributed by atoms with Crippen LogP contribution in [-0.4, -0.2) is 41.3 Å². The van der Waals surface area contributed by atoms with E-state index < -0.39 is 6.10 Å². The van der Waals surface area contributed by atoms with Crippen molar-refractivity contribution in [2.24, 2.45) is 5.92 Å². The number of ether oxygens (including phenoxy) is 1. The molecule has 0 saturated carbocycles. The van der Waals surface area contributed by atoms with E-state index in [1.54, 1.807) is 12.1 Å². The highest BCUT2D eigenvalue weighted by molar-refractivity contribution is 6.03. The highest BCUT2D eigenvalue weighted by Crippen LogP contribution is 2.38. The number of rotatable bonds is 3. The number of likely N-dealkylation sites (tertiary alicyclic amines) is 1. The molecular formula is C21H24N4O3. The maximum Gasteiger partial charge on any atom is 0.274 e. The molecule has 7 heteroatoms. The third-order valence-electron chi connectivity index (χ3n) is 5.38. The van der Waals surface area contributed by atoms with Gasteiger partial charge in [-0.05, 0) is 30.9 Å². The zero-order valence-corrected chi connectivity index (χ0v) is 15.9. The van der Waals surface area contributed by atoms with Crippen LogP contribution in [0.25, 0.3) is 0 Å². The Balaban J connectivity index is 1.63. The van der Waals surface area contributed by atoms with Crippen molar-refractivity contribution < 1.29 is 14.3 Å². The Kier molecular flexibility index (Phi) is 4.90. The number of carbonyl (C=O) groups is 2. The number of pyridine rings is 1. The van der Waals surface area contributed by atoms with Gasteiger partial charge in [0, 0.05) is 18.7 Å². The van der Waals surface area contributed by atoms with Gasteiger partial charge in [0.2, 0.25) is 12.0 Å². The summed E-state index contributed by atoms with van der Waals surface area (Å²) >= 11 is 0. The highest BCUT2D eigenvalue weighted by atomic mass is 16.5. The third kappa shape index (κ3) is 3.52. The molecule has 1 aromatic carbocycles.